The van der Waals surface area contributed by atoms with E-state index < -0.39 is 17.0 Å². The molecule has 0 saturated carbocycles. The Kier molecular flexibility index (Phi) is 10.2. The van der Waals surface area contributed by atoms with Crippen LogP contribution < -0.4 is 0 Å². The van der Waals surface area contributed by atoms with Gasteiger partial charge in [0, 0.05) is 0 Å². The lowest BCUT2D eigenvalue weighted by Crippen LogP contribution is -2.23. The first kappa shape index (κ1) is 25.8. The van der Waals surface area contributed by atoms with Crippen molar-refractivity contribution >= 4 is 12.4 Å². The van der Waals surface area contributed by atoms with Crippen molar-refractivity contribution in [1.82, 2.24) is 0 Å². The summed E-state index contributed by atoms with van der Waals surface area (Å²) in [6.45, 7) is 7.70. The van der Waals surface area contributed by atoms with Crippen molar-refractivity contribution in [1.29, 1.82) is 0 Å². The Bertz CT molecular complexity index is 693. The molecule has 0 heterocycles. The van der Waals surface area contributed by atoms with E-state index in [1.807, 2.05) is 26.0 Å². The Morgan fingerprint density at radius 1 is 0.867 bits per heavy atom. The SMILES string of the molecule is CC(C)(CCCCc1ccc(CCCCCCC(C)(C)C(=O)O)c(O)c1O)OC=O. The van der Waals surface area contributed by atoms with E-state index in [0.717, 1.165) is 56.1 Å². The normalized spacial score (nSPS) is 12.0. The van der Waals surface area contributed by atoms with Crippen LogP contribution in [0.4, 0.5) is 0 Å². The summed E-state index contributed by atoms with van der Waals surface area (Å²) in [6, 6.07) is 3.74. The molecule has 0 bridgehead atoms. The van der Waals surface area contributed by atoms with Crippen LogP contribution in [0.3, 0.4) is 0 Å². The van der Waals surface area contributed by atoms with Crippen LogP contribution in [0.1, 0.15) is 90.2 Å². The molecule has 0 aliphatic carbocycles. The summed E-state index contributed by atoms with van der Waals surface area (Å²) in [6.07, 6.45) is 8.04. The predicted molar refractivity (Wildman–Crippen MR) is 117 cm³/mol. The van der Waals surface area contributed by atoms with Crippen molar-refractivity contribution in [3.63, 3.8) is 0 Å². The van der Waals surface area contributed by atoms with Gasteiger partial charge in [-0.05, 0) is 83.8 Å². The predicted octanol–water partition coefficient (Wildman–Crippen LogP) is 5.37. The number of hydrogen-bond donors (Lipinski definition) is 3. The third-order valence-corrected chi connectivity index (χ3v) is 5.74. The quantitative estimate of drug-likeness (QED) is 0.199. The zero-order chi connectivity index (χ0) is 22.8. The highest BCUT2D eigenvalue weighted by Gasteiger charge is 2.26. The Labute approximate surface area is 180 Å². The third kappa shape index (κ3) is 8.64. The monoisotopic (exact) mass is 422 g/mol. The summed E-state index contributed by atoms with van der Waals surface area (Å²) >= 11 is 0. The van der Waals surface area contributed by atoms with Gasteiger partial charge in [-0.2, -0.15) is 0 Å². The first-order valence-corrected chi connectivity index (χ1v) is 10.9. The van der Waals surface area contributed by atoms with E-state index in [4.69, 9.17) is 9.84 Å². The minimum absolute atomic E-state index is 0.0378. The third-order valence-electron chi connectivity index (χ3n) is 5.74. The number of aromatic hydroxyl groups is 2. The van der Waals surface area contributed by atoms with Crippen LogP contribution in [0.5, 0.6) is 11.5 Å². The van der Waals surface area contributed by atoms with Crippen LogP contribution in [-0.4, -0.2) is 33.4 Å². The van der Waals surface area contributed by atoms with Crippen molar-refractivity contribution in [3.8, 4) is 11.5 Å². The van der Waals surface area contributed by atoms with Gasteiger partial charge in [-0.15, -0.1) is 0 Å². The topological polar surface area (TPSA) is 104 Å². The van der Waals surface area contributed by atoms with Gasteiger partial charge in [0.2, 0.25) is 0 Å². The van der Waals surface area contributed by atoms with Gasteiger partial charge >= 0.3 is 5.97 Å². The van der Waals surface area contributed by atoms with Crippen LogP contribution in [0.2, 0.25) is 0 Å². The lowest BCUT2D eigenvalue weighted by molar-refractivity contribution is -0.147. The van der Waals surface area contributed by atoms with Gasteiger partial charge in [-0.25, -0.2) is 0 Å². The van der Waals surface area contributed by atoms with E-state index in [-0.39, 0.29) is 11.5 Å². The van der Waals surface area contributed by atoms with Gasteiger partial charge in [0.1, 0.15) is 5.60 Å². The number of phenolic OH excluding ortho intramolecular Hbond substituents is 2. The molecule has 0 radical (unpaired) electrons. The highest BCUT2D eigenvalue weighted by Crippen LogP contribution is 2.35. The molecule has 0 spiro atoms. The molecule has 3 N–H and O–H groups in total. The van der Waals surface area contributed by atoms with Crippen LogP contribution in [0, 0.1) is 5.41 Å². The summed E-state index contributed by atoms with van der Waals surface area (Å²) in [5.74, 6) is -0.843. The number of unbranched alkanes of at least 4 members (excludes halogenated alkanes) is 4. The minimum atomic E-state index is -0.763. The number of hydrogen-bond acceptors (Lipinski definition) is 5. The van der Waals surface area contributed by atoms with E-state index in [0.29, 0.717) is 25.7 Å². The van der Waals surface area contributed by atoms with Gasteiger partial charge in [0.05, 0.1) is 5.41 Å². The molecular formula is C24H38O6. The molecule has 0 fully saturated rings. The number of benzene rings is 1. The Morgan fingerprint density at radius 2 is 1.33 bits per heavy atom. The molecule has 0 amide bonds. The van der Waals surface area contributed by atoms with E-state index in [1.165, 1.54) is 0 Å². The first-order chi connectivity index (χ1) is 14.0. The summed E-state index contributed by atoms with van der Waals surface area (Å²) in [4.78, 5) is 21.6. The van der Waals surface area contributed by atoms with Crippen LogP contribution in [0.15, 0.2) is 12.1 Å². The smallest absolute Gasteiger partial charge is 0.309 e. The maximum Gasteiger partial charge on any atom is 0.309 e. The van der Waals surface area contributed by atoms with Crippen LogP contribution in [-0.2, 0) is 27.2 Å². The second kappa shape index (κ2) is 11.8. The molecule has 1 rings (SSSR count). The second-order valence-electron chi connectivity index (χ2n) is 9.37. The largest absolute Gasteiger partial charge is 0.504 e. The molecule has 0 unspecified atom stereocenters. The number of aliphatic carboxylic acids is 1. The van der Waals surface area contributed by atoms with Gasteiger partial charge in [-0.3, -0.25) is 9.59 Å². The standard InChI is InChI=1S/C24H38O6/c1-23(2,22(28)29)15-9-6-5-7-11-18-13-14-19(21(27)20(18)26)12-8-10-16-24(3,4)30-17-25/h13-14,17,26-27H,5-12,15-16H2,1-4H3,(H,28,29). The first-order valence-electron chi connectivity index (χ1n) is 10.9. The maximum atomic E-state index is 11.1. The molecule has 170 valence electrons. The summed E-state index contributed by atoms with van der Waals surface area (Å²) in [5.41, 5.74) is 0.292. The van der Waals surface area contributed by atoms with Crippen molar-refractivity contribution in [2.45, 2.75) is 97.5 Å². The van der Waals surface area contributed by atoms with E-state index in [2.05, 4.69) is 0 Å². The Balaban J connectivity index is 2.40. The van der Waals surface area contributed by atoms with Crippen molar-refractivity contribution in [3.05, 3.63) is 23.3 Å². The molecule has 6 nitrogen and oxygen atoms in total. The highest BCUT2D eigenvalue weighted by atomic mass is 16.5. The van der Waals surface area contributed by atoms with Gasteiger partial charge < -0.3 is 20.1 Å². The van der Waals surface area contributed by atoms with Gasteiger partial charge in [0.25, 0.3) is 6.47 Å². The number of carbonyl (C=O) groups excluding carboxylic acids is 1. The molecule has 30 heavy (non-hydrogen) atoms. The molecular weight excluding hydrogens is 384 g/mol. The molecule has 6 heteroatoms. The molecule has 1 aromatic rings. The van der Waals surface area contributed by atoms with Crippen LogP contribution >= 0.6 is 0 Å². The lowest BCUT2D eigenvalue weighted by Gasteiger charge is -2.22. The number of carbonyl (C=O) groups is 2. The van der Waals surface area contributed by atoms with Crippen molar-refractivity contribution in [2.75, 3.05) is 0 Å². The minimum Gasteiger partial charge on any atom is -0.504 e. The summed E-state index contributed by atoms with van der Waals surface area (Å²) < 4.78 is 5.03. The number of ether oxygens (including phenoxy) is 1. The van der Waals surface area contributed by atoms with E-state index in [1.54, 1.807) is 13.8 Å². The highest BCUT2D eigenvalue weighted by molar-refractivity contribution is 5.73. The van der Waals surface area contributed by atoms with E-state index in [9.17, 15) is 19.8 Å². The fraction of sp³-hybridized carbons (Fsp3) is 0.667. The lowest BCUT2D eigenvalue weighted by atomic mass is 9.87. The maximum absolute atomic E-state index is 11.1. The second-order valence-corrected chi connectivity index (χ2v) is 9.37. The van der Waals surface area contributed by atoms with Crippen LogP contribution in [0.25, 0.3) is 0 Å². The Morgan fingerprint density at radius 3 is 1.83 bits per heavy atom. The number of aryl methyl sites for hydroxylation is 2. The zero-order valence-electron chi connectivity index (χ0n) is 18.9. The Hall–Kier alpha value is -2.24. The number of carboxylic acids is 1. The molecule has 0 atom stereocenters. The average molecular weight is 423 g/mol. The molecule has 0 aliphatic rings. The zero-order valence-corrected chi connectivity index (χ0v) is 18.9. The summed E-state index contributed by atoms with van der Waals surface area (Å²) in [7, 11) is 0. The fourth-order valence-electron chi connectivity index (χ4n) is 3.46. The van der Waals surface area contributed by atoms with E-state index >= 15 is 0 Å². The molecule has 0 aromatic heterocycles. The fourth-order valence-corrected chi connectivity index (χ4v) is 3.46. The van der Waals surface area contributed by atoms with Crippen molar-refractivity contribution in [2.24, 2.45) is 5.41 Å². The van der Waals surface area contributed by atoms with Gasteiger partial charge in [-0.1, -0.05) is 31.4 Å². The molecule has 0 aliphatic heterocycles. The van der Waals surface area contributed by atoms with Gasteiger partial charge in [0.15, 0.2) is 11.5 Å². The number of carboxylic acid groups (broad SMARTS) is 1. The average Bonchev–Trinajstić information content (AvgIpc) is 2.66. The molecule has 0 saturated heterocycles. The summed E-state index contributed by atoms with van der Waals surface area (Å²) in [5, 5.41) is 29.8. The number of rotatable bonds is 15. The molecule has 1 aromatic carbocycles. The number of phenols is 2. The van der Waals surface area contributed by atoms with Crippen molar-refractivity contribution < 1.29 is 29.6 Å².